The fourth-order valence-electron chi connectivity index (χ4n) is 1.81. The topological polar surface area (TPSA) is 52.3 Å². The molecule has 0 unspecified atom stereocenters. The van der Waals surface area contributed by atoms with Crippen LogP contribution in [-0.4, -0.2) is 18.9 Å². The maximum atomic E-state index is 11.8. The number of carbonyl (C=O) groups is 1. The predicted octanol–water partition coefficient (Wildman–Crippen LogP) is 0.683. The molecule has 0 aromatic heterocycles. The largest absolute Gasteiger partial charge is 0.525 e. The van der Waals surface area contributed by atoms with E-state index in [-0.39, 0.29) is 0 Å². The smallest absolute Gasteiger partial charge is 0.429 e. The van der Waals surface area contributed by atoms with Gasteiger partial charge >= 0.3 is 12.9 Å². The van der Waals surface area contributed by atoms with E-state index in [2.05, 4.69) is 0 Å². The summed E-state index contributed by atoms with van der Waals surface area (Å²) in [5, 5.41) is 0. The Labute approximate surface area is 113 Å². The fourth-order valence-corrected chi connectivity index (χ4v) is 1.81. The van der Waals surface area contributed by atoms with Crippen LogP contribution in [0.2, 0.25) is 0 Å². The van der Waals surface area contributed by atoms with Gasteiger partial charge in [0.25, 0.3) is 0 Å². The Kier molecular flexibility index (Phi) is 4.37. The molecule has 0 bridgehead atoms. The van der Waals surface area contributed by atoms with Crippen molar-refractivity contribution in [2.45, 2.75) is 13.0 Å². The van der Waals surface area contributed by atoms with Gasteiger partial charge in [0.15, 0.2) is 0 Å². The summed E-state index contributed by atoms with van der Waals surface area (Å²) in [7, 11) is 0. The second-order valence-electron chi connectivity index (χ2n) is 4.43. The van der Waals surface area contributed by atoms with Crippen molar-refractivity contribution in [1.82, 2.24) is 0 Å². The SMILES string of the molecule is C[C@@H](N)C(=O)OB(c1ccccc1)c1ccccc1. The summed E-state index contributed by atoms with van der Waals surface area (Å²) < 4.78 is 5.52. The number of nitrogens with two attached hydrogens (primary N) is 1. The zero-order chi connectivity index (χ0) is 13.7. The molecule has 96 valence electrons. The summed E-state index contributed by atoms with van der Waals surface area (Å²) in [6, 6.07) is 18.7. The van der Waals surface area contributed by atoms with E-state index < -0.39 is 18.9 Å². The average molecular weight is 253 g/mol. The van der Waals surface area contributed by atoms with Crippen molar-refractivity contribution in [3.63, 3.8) is 0 Å². The third-order valence-corrected chi connectivity index (χ3v) is 2.81. The van der Waals surface area contributed by atoms with Gasteiger partial charge in [-0.15, -0.1) is 0 Å². The highest BCUT2D eigenvalue weighted by Crippen LogP contribution is 1.96. The normalized spacial score (nSPS) is 11.7. The maximum Gasteiger partial charge on any atom is 0.429 e. The third-order valence-electron chi connectivity index (χ3n) is 2.81. The van der Waals surface area contributed by atoms with Gasteiger partial charge < -0.3 is 10.4 Å². The van der Waals surface area contributed by atoms with E-state index in [1.54, 1.807) is 6.92 Å². The molecule has 0 amide bonds. The summed E-state index contributed by atoms with van der Waals surface area (Å²) in [4.78, 5) is 11.8. The Bertz CT molecular complexity index is 489. The van der Waals surface area contributed by atoms with E-state index in [4.69, 9.17) is 10.4 Å². The number of carbonyl (C=O) groups excluding carboxylic acids is 1. The van der Waals surface area contributed by atoms with Crippen LogP contribution >= 0.6 is 0 Å². The molecule has 0 saturated heterocycles. The van der Waals surface area contributed by atoms with Crippen molar-refractivity contribution >= 4 is 23.8 Å². The summed E-state index contributed by atoms with van der Waals surface area (Å²) in [6.45, 7) is 1.20. The lowest BCUT2D eigenvalue weighted by Crippen LogP contribution is -2.48. The molecule has 2 aromatic carbocycles. The summed E-state index contributed by atoms with van der Waals surface area (Å²) in [5.74, 6) is -0.405. The molecule has 0 fully saturated rings. The summed E-state index contributed by atoms with van der Waals surface area (Å²) >= 11 is 0. The third kappa shape index (κ3) is 3.45. The molecule has 1 atom stereocenters. The van der Waals surface area contributed by atoms with Crippen LogP contribution in [0, 0.1) is 0 Å². The molecule has 0 aliphatic heterocycles. The van der Waals surface area contributed by atoms with Crippen LogP contribution in [0.15, 0.2) is 60.7 Å². The first-order chi connectivity index (χ1) is 9.18. The Balaban J connectivity index is 2.32. The van der Waals surface area contributed by atoms with Gasteiger partial charge in [0.1, 0.15) is 0 Å². The number of hydrogen-bond acceptors (Lipinski definition) is 3. The summed E-state index contributed by atoms with van der Waals surface area (Å²) in [5.41, 5.74) is 7.43. The lowest BCUT2D eigenvalue weighted by Gasteiger charge is -2.16. The molecule has 0 saturated carbocycles. The molecule has 4 heteroatoms. The Morgan fingerprint density at radius 2 is 1.42 bits per heavy atom. The maximum absolute atomic E-state index is 11.8. The highest BCUT2D eigenvalue weighted by Gasteiger charge is 2.26. The second kappa shape index (κ2) is 6.20. The van der Waals surface area contributed by atoms with Crippen molar-refractivity contribution in [2.24, 2.45) is 5.73 Å². The minimum Gasteiger partial charge on any atom is -0.525 e. The molecule has 0 spiro atoms. The fraction of sp³-hybridized carbons (Fsp3) is 0.133. The minimum atomic E-state index is -0.630. The molecule has 2 N–H and O–H groups in total. The highest BCUT2D eigenvalue weighted by molar-refractivity contribution is 6.81. The van der Waals surface area contributed by atoms with E-state index >= 15 is 0 Å². The van der Waals surface area contributed by atoms with Gasteiger partial charge in [0, 0.05) is 0 Å². The van der Waals surface area contributed by atoms with Crippen molar-refractivity contribution in [3.05, 3.63) is 60.7 Å². The van der Waals surface area contributed by atoms with Crippen LogP contribution in [0.1, 0.15) is 6.92 Å². The standard InChI is InChI=1S/C15H16BNO2/c1-12(17)15(18)19-16(13-8-4-2-5-9-13)14-10-6-3-7-11-14/h2-12H,17H2,1H3/t12-/m1/s1. The average Bonchev–Trinajstić information content (AvgIpc) is 2.46. The van der Waals surface area contributed by atoms with Gasteiger partial charge in [-0.2, -0.15) is 0 Å². The predicted molar refractivity (Wildman–Crippen MR) is 77.6 cm³/mol. The zero-order valence-corrected chi connectivity index (χ0v) is 10.8. The molecule has 0 radical (unpaired) electrons. The molecular formula is C15H16BNO2. The molecule has 2 rings (SSSR count). The molecule has 0 heterocycles. The van der Waals surface area contributed by atoms with Gasteiger partial charge in [0.2, 0.25) is 0 Å². The van der Waals surface area contributed by atoms with Gasteiger partial charge in [-0.05, 0) is 17.8 Å². The zero-order valence-electron chi connectivity index (χ0n) is 10.8. The van der Waals surface area contributed by atoms with Crippen LogP contribution in [0.5, 0.6) is 0 Å². The molecule has 0 aliphatic carbocycles. The van der Waals surface area contributed by atoms with E-state index in [1.807, 2.05) is 60.7 Å². The number of benzene rings is 2. The van der Waals surface area contributed by atoms with Gasteiger partial charge in [-0.3, -0.25) is 4.79 Å². The van der Waals surface area contributed by atoms with Crippen molar-refractivity contribution in [2.75, 3.05) is 0 Å². The van der Waals surface area contributed by atoms with Gasteiger partial charge in [-0.25, -0.2) is 0 Å². The monoisotopic (exact) mass is 253 g/mol. The first-order valence-corrected chi connectivity index (χ1v) is 6.24. The lowest BCUT2D eigenvalue weighted by molar-refractivity contribution is -0.135. The molecular weight excluding hydrogens is 237 g/mol. The van der Waals surface area contributed by atoms with Crippen LogP contribution < -0.4 is 16.7 Å². The number of hydrogen-bond donors (Lipinski definition) is 1. The van der Waals surface area contributed by atoms with Crippen molar-refractivity contribution in [1.29, 1.82) is 0 Å². The second-order valence-corrected chi connectivity index (χ2v) is 4.43. The Morgan fingerprint density at radius 1 is 1.00 bits per heavy atom. The van der Waals surface area contributed by atoms with E-state index in [0.717, 1.165) is 10.9 Å². The summed E-state index contributed by atoms with van der Waals surface area (Å²) in [6.07, 6.45) is 0. The van der Waals surface area contributed by atoms with E-state index in [0.29, 0.717) is 0 Å². The van der Waals surface area contributed by atoms with Crippen LogP contribution in [0.25, 0.3) is 0 Å². The molecule has 19 heavy (non-hydrogen) atoms. The van der Waals surface area contributed by atoms with Gasteiger partial charge in [-0.1, -0.05) is 60.7 Å². The quantitative estimate of drug-likeness (QED) is 0.815. The molecule has 2 aromatic rings. The lowest BCUT2D eigenvalue weighted by atomic mass is 9.55. The van der Waals surface area contributed by atoms with Crippen LogP contribution in [-0.2, 0) is 9.45 Å². The van der Waals surface area contributed by atoms with Crippen LogP contribution in [0.3, 0.4) is 0 Å². The first kappa shape index (κ1) is 13.4. The van der Waals surface area contributed by atoms with Crippen molar-refractivity contribution in [3.8, 4) is 0 Å². The molecule has 0 aliphatic rings. The van der Waals surface area contributed by atoms with Gasteiger partial charge in [0.05, 0.1) is 6.04 Å². The van der Waals surface area contributed by atoms with Crippen LogP contribution in [0.4, 0.5) is 0 Å². The minimum absolute atomic E-state index is 0.405. The van der Waals surface area contributed by atoms with Crippen molar-refractivity contribution < 1.29 is 9.45 Å². The molecule has 3 nitrogen and oxygen atoms in total. The Hall–Kier alpha value is -2.07. The Morgan fingerprint density at radius 3 is 1.79 bits per heavy atom. The highest BCUT2D eigenvalue weighted by atomic mass is 16.5. The number of rotatable bonds is 4. The first-order valence-electron chi connectivity index (χ1n) is 6.24. The van der Waals surface area contributed by atoms with E-state index in [1.165, 1.54) is 0 Å². The van der Waals surface area contributed by atoms with E-state index in [9.17, 15) is 4.79 Å².